The van der Waals surface area contributed by atoms with Crippen molar-refractivity contribution in [2.45, 2.75) is 25.3 Å². The number of rotatable bonds is 5. The number of amides is 1. The van der Waals surface area contributed by atoms with Crippen LogP contribution in [0.25, 0.3) is 16.9 Å². The molecule has 0 aliphatic carbocycles. The predicted molar refractivity (Wildman–Crippen MR) is 103 cm³/mol. The maximum absolute atomic E-state index is 11.2. The summed E-state index contributed by atoms with van der Waals surface area (Å²) in [5.41, 5.74) is 8.44. The normalized spacial score (nSPS) is 15.9. The van der Waals surface area contributed by atoms with Crippen molar-refractivity contribution in [2.75, 3.05) is 25.5 Å². The zero-order valence-electron chi connectivity index (χ0n) is 15.3. The SMILES string of the molecule is CN1CCC(Nc2ccc3ncc(-c4ccnc(CC(N)=O)c4)n3n2)CC1. The molecule has 1 aliphatic heterocycles. The largest absolute Gasteiger partial charge is 0.369 e. The van der Waals surface area contributed by atoms with E-state index in [0.717, 1.165) is 48.7 Å². The van der Waals surface area contributed by atoms with Crippen LogP contribution in [-0.4, -0.2) is 56.6 Å². The van der Waals surface area contributed by atoms with Crippen molar-refractivity contribution in [3.05, 3.63) is 42.4 Å². The van der Waals surface area contributed by atoms with E-state index in [-0.39, 0.29) is 6.42 Å². The first-order valence-corrected chi connectivity index (χ1v) is 9.12. The Kier molecular flexibility index (Phi) is 4.72. The number of fused-ring (bicyclic) bond motifs is 1. The predicted octanol–water partition coefficient (Wildman–Crippen LogP) is 1.33. The molecule has 0 unspecified atom stereocenters. The number of nitrogens with zero attached hydrogens (tertiary/aromatic N) is 5. The summed E-state index contributed by atoms with van der Waals surface area (Å²) in [5, 5.41) is 8.27. The average Bonchev–Trinajstić information content (AvgIpc) is 3.06. The Morgan fingerprint density at radius 2 is 2.07 bits per heavy atom. The minimum atomic E-state index is -0.402. The molecule has 8 nitrogen and oxygen atoms in total. The fourth-order valence-electron chi connectivity index (χ4n) is 3.42. The highest BCUT2D eigenvalue weighted by Gasteiger charge is 2.17. The lowest BCUT2D eigenvalue weighted by atomic mass is 10.1. The van der Waals surface area contributed by atoms with Gasteiger partial charge in [0.1, 0.15) is 5.82 Å². The standard InChI is InChI=1S/C19H23N7O/c1-25-8-5-14(6-9-25)23-18-2-3-19-22-12-16(26(19)24-18)13-4-7-21-15(10-13)11-17(20)27/h2-4,7,10,12,14H,5-6,8-9,11H2,1H3,(H2,20,27)(H,23,24). The van der Waals surface area contributed by atoms with Crippen LogP contribution in [-0.2, 0) is 11.2 Å². The molecule has 1 amide bonds. The van der Waals surface area contributed by atoms with Gasteiger partial charge in [-0.05, 0) is 57.2 Å². The number of nitrogens with one attached hydrogen (secondary N) is 1. The van der Waals surface area contributed by atoms with Gasteiger partial charge >= 0.3 is 0 Å². The second kappa shape index (κ2) is 7.32. The van der Waals surface area contributed by atoms with Crippen LogP contribution in [0.3, 0.4) is 0 Å². The molecule has 0 saturated carbocycles. The number of hydrogen-bond acceptors (Lipinski definition) is 6. The van der Waals surface area contributed by atoms with Gasteiger partial charge in [0.15, 0.2) is 5.65 Å². The van der Waals surface area contributed by atoms with Crippen LogP contribution < -0.4 is 11.1 Å². The van der Waals surface area contributed by atoms with Crippen molar-refractivity contribution in [3.8, 4) is 11.3 Å². The van der Waals surface area contributed by atoms with Crippen LogP contribution in [0.15, 0.2) is 36.7 Å². The molecule has 1 aliphatic rings. The van der Waals surface area contributed by atoms with E-state index >= 15 is 0 Å². The quantitative estimate of drug-likeness (QED) is 0.707. The molecule has 0 aromatic carbocycles. The van der Waals surface area contributed by atoms with Gasteiger partial charge in [-0.2, -0.15) is 0 Å². The van der Waals surface area contributed by atoms with E-state index in [1.165, 1.54) is 0 Å². The number of primary amides is 1. The van der Waals surface area contributed by atoms with E-state index in [4.69, 9.17) is 10.8 Å². The number of likely N-dealkylation sites (tertiary alicyclic amines) is 1. The maximum Gasteiger partial charge on any atom is 0.223 e. The summed E-state index contributed by atoms with van der Waals surface area (Å²) in [4.78, 5) is 22.2. The van der Waals surface area contributed by atoms with Gasteiger partial charge in [0, 0.05) is 17.8 Å². The van der Waals surface area contributed by atoms with Crippen molar-refractivity contribution in [1.29, 1.82) is 0 Å². The molecule has 140 valence electrons. The molecule has 27 heavy (non-hydrogen) atoms. The van der Waals surface area contributed by atoms with E-state index in [0.29, 0.717) is 11.7 Å². The van der Waals surface area contributed by atoms with Crippen molar-refractivity contribution in [3.63, 3.8) is 0 Å². The van der Waals surface area contributed by atoms with E-state index in [9.17, 15) is 4.79 Å². The van der Waals surface area contributed by atoms with Crippen molar-refractivity contribution in [1.82, 2.24) is 24.5 Å². The summed E-state index contributed by atoms with van der Waals surface area (Å²) in [6.07, 6.45) is 5.78. The lowest BCUT2D eigenvalue weighted by molar-refractivity contribution is -0.117. The highest BCUT2D eigenvalue weighted by molar-refractivity contribution is 5.76. The Hall–Kier alpha value is -3.00. The Balaban J connectivity index is 1.61. The second-order valence-electron chi connectivity index (χ2n) is 7.03. The third-order valence-corrected chi connectivity index (χ3v) is 4.90. The van der Waals surface area contributed by atoms with Gasteiger partial charge in [-0.1, -0.05) is 0 Å². The molecule has 0 spiro atoms. The third kappa shape index (κ3) is 3.90. The lowest BCUT2D eigenvalue weighted by Gasteiger charge is -2.29. The number of nitrogens with two attached hydrogens (primary N) is 1. The molecule has 4 heterocycles. The molecular formula is C19H23N7O. The molecule has 8 heteroatoms. The van der Waals surface area contributed by atoms with Crippen LogP contribution in [0.2, 0.25) is 0 Å². The number of carbonyl (C=O) groups is 1. The Bertz CT molecular complexity index is 960. The van der Waals surface area contributed by atoms with Gasteiger partial charge in [-0.3, -0.25) is 9.78 Å². The van der Waals surface area contributed by atoms with Crippen LogP contribution >= 0.6 is 0 Å². The number of hydrogen-bond donors (Lipinski definition) is 2. The van der Waals surface area contributed by atoms with Crippen LogP contribution in [0.1, 0.15) is 18.5 Å². The zero-order valence-corrected chi connectivity index (χ0v) is 15.3. The molecular weight excluding hydrogens is 342 g/mol. The number of aromatic nitrogens is 4. The van der Waals surface area contributed by atoms with E-state index in [1.54, 1.807) is 12.4 Å². The molecule has 0 bridgehead atoms. The van der Waals surface area contributed by atoms with E-state index < -0.39 is 5.91 Å². The summed E-state index contributed by atoms with van der Waals surface area (Å²) in [7, 11) is 2.15. The van der Waals surface area contributed by atoms with Gasteiger partial charge in [-0.25, -0.2) is 9.50 Å². The van der Waals surface area contributed by atoms with Crippen LogP contribution in [0.5, 0.6) is 0 Å². The minimum Gasteiger partial charge on any atom is -0.369 e. The van der Waals surface area contributed by atoms with Crippen molar-refractivity contribution >= 4 is 17.4 Å². The van der Waals surface area contributed by atoms with Gasteiger partial charge in [0.05, 0.1) is 24.0 Å². The smallest absolute Gasteiger partial charge is 0.223 e. The van der Waals surface area contributed by atoms with E-state index in [1.807, 2.05) is 28.8 Å². The summed E-state index contributed by atoms with van der Waals surface area (Å²) in [5.74, 6) is 0.434. The van der Waals surface area contributed by atoms with Crippen LogP contribution in [0, 0.1) is 0 Å². The van der Waals surface area contributed by atoms with E-state index in [2.05, 4.69) is 27.2 Å². The molecule has 0 atom stereocenters. The zero-order chi connectivity index (χ0) is 18.8. The molecule has 0 radical (unpaired) electrons. The Morgan fingerprint density at radius 1 is 1.26 bits per heavy atom. The Labute approximate surface area is 157 Å². The average molecular weight is 365 g/mol. The fraction of sp³-hybridized carbons (Fsp3) is 0.368. The maximum atomic E-state index is 11.2. The number of pyridine rings is 1. The second-order valence-corrected chi connectivity index (χ2v) is 7.03. The first-order valence-electron chi connectivity index (χ1n) is 9.12. The molecule has 1 saturated heterocycles. The summed E-state index contributed by atoms with van der Waals surface area (Å²) in [6, 6.07) is 8.09. The highest BCUT2D eigenvalue weighted by atomic mass is 16.1. The molecule has 1 fully saturated rings. The topological polar surface area (TPSA) is 101 Å². The summed E-state index contributed by atoms with van der Waals surface area (Å²) < 4.78 is 1.82. The number of piperidine rings is 1. The minimum absolute atomic E-state index is 0.112. The molecule has 4 rings (SSSR count). The fourth-order valence-corrected chi connectivity index (χ4v) is 3.42. The number of anilines is 1. The van der Waals surface area contributed by atoms with Crippen molar-refractivity contribution in [2.24, 2.45) is 5.73 Å². The highest BCUT2D eigenvalue weighted by Crippen LogP contribution is 2.22. The number of carbonyl (C=O) groups excluding carboxylic acids is 1. The third-order valence-electron chi connectivity index (χ3n) is 4.90. The first kappa shape index (κ1) is 17.4. The number of imidazole rings is 1. The van der Waals surface area contributed by atoms with Gasteiger partial charge in [0.2, 0.25) is 5.91 Å². The van der Waals surface area contributed by atoms with Gasteiger partial charge in [0.25, 0.3) is 0 Å². The lowest BCUT2D eigenvalue weighted by Crippen LogP contribution is -2.36. The Morgan fingerprint density at radius 3 is 2.85 bits per heavy atom. The molecule has 3 N–H and O–H groups in total. The summed E-state index contributed by atoms with van der Waals surface area (Å²) >= 11 is 0. The molecule has 3 aromatic heterocycles. The molecule has 3 aromatic rings. The van der Waals surface area contributed by atoms with Gasteiger partial charge < -0.3 is 16.0 Å². The van der Waals surface area contributed by atoms with Crippen LogP contribution in [0.4, 0.5) is 5.82 Å². The van der Waals surface area contributed by atoms with Crippen molar-refractivity contribution < 1.29 is 4.79 Å². The first-order chi connectivity index (χ1) is 13.1. The summed E-state index contributed by atoms with van der Waals surface area (Å²) in [6.45, 7) is 2.19. The van der Waals surface area contributed by atoms with Gasteiger partial charge in [-0.15, -0.1) is 5.10 Å². The monoisotopic (exact) mass is 365 g/mol.